The topological polar surface area (TPSA) is 95.9 Å². The first-order chi connectivity index (χ1) is 12.3. The molecule has 1 aromatic carbocycles. The molecule has 7 nitrogen and oxygen atoms in total. The van der Waals surface area contributed by atoms with Gasteiger partial charge in [-0.25, -0.2) is 0 Å². The predicted molar refractivity (Wildman–Crippen MR) is 96.1 cm³/mol. The largest absolute Gasteiger partial charge is 0.496 e. The molecule has 26 heavy (non-hydrogen) atoms. The van der Waals surface area contributed by atoms with Crippen molar-refractivity contribution in [2.45, 2.75) is 45.2 Å². The minimum atomic E-state index is -0.922. The van der Waals surface area contributed by atoms with Gasteiger partial charge in [-0.2, -0.15) is 0 Å². The van der Waals surface area contributed by atoms with Gasteiger partial charge in [0, 0.05) is 12.6 Å². The molecule has 0 spiro atoms. The molecule has 1 aliphatic heterocycles. The number of nitrogens with zero attached hydrogens (tertiary/aromatic N) is 1. The summed E-state index contributed by atoms with van der Waals surface area (Å²) in [6.07, 6.45) is 1.37. The van der Waals surface area contributed by atoms with Gasteiger partial charge in [-0.15, -0.1) is 0 Å². The SMILES string of the molecule is COc1ccccc1C(=O)NC(C(=O)N1CCCC1CC(=O)O)C(C)C. The van der Waals surface area contributed by atoms with Crippen molar-refractivity contribution in [2.24, 2.45) is 5.92 Å². The van der Waals surface area contributed by atoms with Crippen LogP contribution in [0.25, 0.3) is 0 Å². The van der Waals surface area contributed by atoms with Crippen LogP contribution in [-0.4, -0.2) is 53.5 Å². The first kappa shape index (κ1) is 19.8. The van der Waals surface area contributed by atoms with E-state index in [9.17, 15) is 14.4 Å². The average molecular weight is 362 g/mol. The summed E-state index contributed by atoms with van der Waals surface area (Å²) in [6.45, 7) is 4.23. The molecule has 2 N–H and O–H groups in total. The number of likely N-dealkylation sites (tertiary alicyclic amines) is 1. The van der Waals surface area contributed by atoms with Crippen molar-refractivity contribution in [1.29, 1.82) is 0 Å². The molecule has 0 radical (unpaired) electrons. The van der Waals surface area contributed by atoms with Gasteiger partial charge < -0.3 is 20.1 Å². The molecule has 2 rings (SSSR count). The zero-order valence-electron chi connectivity index (χ0n) is 15.4. The molecule has 0 aromatic heterocycles. The second kappa shape index (κ2) is 8.69. The van der Waals surface area contributed by atoms with E-state index in [0.29, 0.717) is 24.3 Å². The number of carboxylic acid groups (broad SMARTS) is 1. The maximum atomic E-state index is 13.0. The van der Waals surface area contributed by atoms with E-state index in [1.54, 1.807) is 29.2 Å². The number of hydrogen-bond donors (Lipinski definition) is 2. The quantitative estimate of drug-likeness (QED) is 0.772. The third-order valence-electron chi connectivity index (χ3n) is 4.64. The number of hydrogen-bond acceptors (Lipinski definition) is 4. The van der Waals surface area contributed by atoms with E-state index in [4.69, 9.17) is 9.84 Å². The van der Waals surface area contributed by atoms with Gasteiger partial charge in [0.2, 0.25) is 5.91 Å². The van der Waals surface area contributed by atoms with Crippen molar-refractivity contribution in [2.75, 3.05) is 13.7 Å². The molecule has 2 amide bonds. The van der Waals surface area contributed by atoms with Crippen molar-refractivity contribution in [1.82, 2.24) is 10.2 Å². The Morgan fingerprint density at radius 1 is 1.31 bits per heavy atom. The number of rotatable bonds is 7. The summed E-state index contributed by atoms with van der Waals surface area (Å²) < 4.78 is 5.21. The maximum absolute atomic E-state index is 13.0. The molecular formula is C19H26N2O5. The molecule has 0 saturated carbocycles. The molecule has 1 saturated heterocycles. The van der Waals surface area contributed by atoms with Crippen molar-refractivity contribution < 1.29 is 24.2 Å². The Kier molecular flexibility index (Phi) is 6.60. The van der Waals surface area contributed by atoms with Crippen molar-refractivity contribution in [3.8, 4) is 5.75 Å². The third-order valence-corrected chi connectivity index (χ3v) is 4.64. The number of aliphatic carboxylic acids is 1. The van der Waals surface area contributed by atoms with Gasteiger partial charge in [0.25, 0.3) is 5.91 Å². The number of ether oxygens (including phenoxy) is 1. The van der Waals surface area contributed by atoms with Gasteiger partial charge >= 0.3 is 5.97 Å². The number of amides is 2. The molecule has 0 bridgehead atoms. The average Bonchev–Trinajstić information content (AvgIpc) is 3.05. The predicted octanol–water partition coefficient (Wildman–Crippen LogP) is 1.92. The lowest BCUT2D eigenvalue weighted by atomic mass is 10.0. The van der Waals surface area contributed by atoms with E-state index < -0.39 is 12.0 Å². The monoisotopic (exact) mass is 362 g/mol. The number of carbonyl (C=O) groups excluding carboxylic acids is 2. The Balaban J connectivity index is 2.16. The van der Waals surface area contributed by atoms with Crippen LogP contribution in [-0.2, 0) is 9.59 Å². The first-order valence-corrected chi connectivity index (χ1v) is 8.81. The number of carbonyl (C=O) groups is 3. The molecule has 7 heteroatoms. The van der Waals surface area contributed by atoms with Crippen LogP contribution < -0.4 is 10.1 Å². The number of para-hydroxylation sites is 1. The molecule has 142 valence electrons. The summed E-state index contributed by atoms with van der Waals surface area (Å²) >= 11 is 0. The van der Waals surface area contributed by atoms with Crippen molar-refractivity contribution in [3.05, 3.63) is 29.8 Å². The van der Waals surface area contributed by atoms with Crippen LogP contribution in [0.5, 0.6) is 5.75 Å². The van der Waals surface area contributed by atoms with Crippen LogP contribution in [0.2, 0.25) is 0 Å². The zero-order valence-corrected chi connectivity index (χ0v) is 15.4. The van der Waals surface area contributed by atoms with E-state index in [1.807, 2.05) is 13.8 Å². The minimum Gasteiger partial charge on any atom is -0.496 e. The van der Waals surface area contributed by atoms with E-state index in [1.165, 1.54) is 7.11 Å². The molecule has 1 aliphatic rings. The van der Waals surface area contributed by atoms with Crippen LogP contribution in [0.1, 0.15) is 43.5 Å². The minimum absolute atomic E-state index is 0.0724. The fourth-order valence-corrected chi connectivity index (χ4v) is 3.28. The Bertz CT molecular complexity index is 674. The van der Waals surface area contributed by atoms with Gasteiger partial charge in [-0.1, -0.05) is 26.0 Å². The number of methoxy groups -OCH3 is 1. The van der Waals surface area contributed by atoms with Crippen LogP contribution in [0, 0.1) is 5.92 Å². The first-order valence-electron chi connectivity index (χ1n) is 8.81. The second-order valence-electron chi connectivity index (χ2n) is 6.82. The smallest absolute Gasteiger partial charge is 0.305 e. The molecule has 0 aliphatic carbocycles. The standard InChI is InChI=1S/C19H26N2O5/c1-12(2)17(19(25)21-10-6-7-13(21)11-16(22)23)20-18(24)14-8-4-5-9-15(14)26-3/h4-5,8-9,12-13,17H,6-7,10-11H2,1-3H3,(H,20,24)(H,22,23). The van der Waals surface area contributed by atoms with E-state index in [2.05, 4.69) is 5.32 Å². The van der Waals surface area contributed by atoms with Crippen LogP contribution >= 0.6 is 0 Å². The highest BCUT2D eigenvalue weighted by Crippen LogP contribution is 2.23. The summed E-state index contributed by atoms with van der Waals surface area (Å²) in [5, 5.41) is 11.9. The van der Waals surface area contributed by atoms with E-state index in [0.717, 1.165) is 6.42 Å². The molecule has 1 heterocycles. The fraction of sp³-hybridized carbons (Fsp3) is 0.526. The summed E-state index contributed by atoms with van der Waals surface area (Å²) in [5.41, 5.74) is 0.358. The van der Waals surface area contributed by atoms with Crippen LogP contribution in [0.4, 0.5) is 0 Å². The Morgan fingerprint density at radius 2 is 2.00 bits per heavy atom. The highest BCUT2D eigenvalue weighted by molar-refractivity contribution is 5.99. The van der Waals surface area contributed by atoms with Gasteiger partial charge in [-0.05, 0) is 30.9 Å². The summed E-state index contributed by atoms with van der Waals surface area (Å²) in [6, 6.07) is 5.78. The third kappa shape index (κ3) is 4.53. The molecule has 1 aromatic rings. The Morgan fingerprint density at radius 3 is 2.62 bits per heavy atom. The summed E-state index contributed by atoms with van der Waals surface area (Å²) in [5.74, 6) is -1.23. The van der Waals surface area contributed by atoms with Crippen molar-refractivity contribution in [3.63, 3.8) is 0 Å². The van der Waals surface area contributed by atoms with E-state index in [-0.39, 0.29) is 30.2 Å². The zero-order chi connectivity index (χ0) is 19.3. The van der Waals surface area contributed by atoms with Gasteiger partial charge in [0.05, 0.1) is 19.1 Å². The Labute approximate surface area is 153 Å². The van der Waals surface area contributed by atoms with Crippen LogP contribution in [0.3, 0.4) is 0 Å². The molecule has 1 fully saturated rings. The summed E-state index contributed by atoms with van der Waals surface area (Å²) in [7, 11) is 1.48. The normalized spacial score (nSPS) is 17.8. The number of benzene rings is 1. The van der Waals surface area contributed by atoms with Gasteiger partial charge in [0.1, 0.15) is 11.8 Å². The molecule has 2 unspecified atom stereocenters. The highest BCUT2D eigenvalue weighted by atomic mass is 16.5. The second-order valence-corrected chi connectivity index (χ2v) is 6.82. The lowest BCUT2D eigenvalue weighted by Crippen LogP contribution is -2.52. The maximum Gasteiger partial charge on any atom is 0.305 e. The lowest BCUT2D eigenvalue weighted by Gasteiger charge is -2.30. The molecular weight excluding hydrogens is 336 g/mol. The van der Waals surface area contributed by atoms with Crippen LogP contribution in [0.15, 0.2) is 24.3 Å². The Hall–Kier alpha value is -2.57. The number of nitrogens with one attached hydrogen (secondary N) is 1. The molecule has 2 atom stereocenters. The van der Waals surface area contributed by atoms with Crippen molar-refractivity contribution >= 4 is 17.8 Å². The van der Waals surface area contributed by atoms with Gasteiger partial charge in [0.15, 0.2) is 0 Å². The number of carboxylic acids is 1. The fourth-order valence-electron chi connectivity index (χ4n) is 3.28. The van der Waals surface area contributed by atoms with Gasteiger partial charge in [-0.3, -0.25) is 14.4 Å². The summed E-state index contributed by atoms with van der Waals surface area (Å²) in [4.78, 5) is 38.3. The van der Waals surface area contributed by atoms with E-state index >= 15 is 0 Å². The highest BCUT2D eigenvalue weighted by Gasteiger charge is 2.36. The lowest BCUT2D eigenvalue weighted by molar-refractivity contribution is -0.140.